The average molecular weight is 491 g/mol. The molecular formula is C23H38O11. The van der Waals surface area contributed by atoms with E-state index in [4.69, 9.17) is 43.4 Å². The molecule has 0 aromatic heterocycles. The SMILES string of the molecule is C=CC(=O)O.OCCOCCOCCOCCOCCOCCOCC(O)Oc1ccccc1. The Morgan fingerprint density at radius 2 is 1.15 bits per heavy atom. The van der Waals surface area contributed by atoms with Gasteiger partial charge in [0.05, 0.1) is 79.3 Å². The molecule has 0 aliphatic heterocycles. The van der Waals surface area contributed by atoms with Crippen LogP contribution in [0.4, 0.5) is 0 Å². The fraction of sp³-hybridized carbons (Fsp3) is 0.609. The molecule has 1 aromatic carbocycles. The second-order valence-corrected chi connectivity index (χ2v) is 6.29. The van der Waals surface area contributed by atoms with Gasteiger partial charge in [0.1, 0.15) is 12.4 Å². The van der Waals surface area contributed by atoms with Crippen molar-refractivity contribution < 1.29 is 53.3 Å². The minimum absolute atomic E-state index is 0.0245. The van der Waals surface area contributed by atoms with E-state index >= 15 is 0 Å². The summed E-state index contributed by atoms with van der Waals surface area (Å²) < 4.78 is 37.0. The molecule has 1 atom stereocenters. The lowest BCUT2D eigenvalue weighted by Gasteiger charge is -2.13. The summed E-state index contributed by atoms with van der Waals surface area (Å²) in [5.41, 5.74) is 0. The first-order valence-corrected chi connectivity index (χ1v) is 10.9. The highest BCUT2D eigenvalue weighted by Crippen LogP contribution is 2.09. The molecule has 1 unspecified atom stereocenters. The molecule has 0 radical (unpaired) electrons. The van der Waals surface area contributed by atoms with E-state index in [1.54, 1.807) is 12.1 Å². The molecule has 196 valence electrons. The quantitative estimate of drug-likeness (QED) is 0.120. The van der Waals surface area contributed by atoms with Crippen molar-refractivity contribution in [2.24, 2.45) is 0 Å². The van der Waals surface area contributed by atoms with E-state index in [1.807, 2.05) is 18.2 Å². The highest BCUT2D eigenvalue weighted by Gasteiger charge is 2.05. The Kier molecular flexibility index (Phi) is 24.0. The van der Waals surface area contributed by atoms with Gasteiger partial charge in [-0.3, -0.25) is 0 Å². The van der Waals surface area contributed by atoms with E-state index in [2.05, 4.69) is 6.58 Å². The second kappa shape index (κ2) is 25.5. The molecule has 0 aliphatic carbocycles. The van der Waals surface area contributed by atoms with Crippen LogP contribution in [0.5, 0.6) is 5.75 Å². The zero-order chi connectivity index (χ0) is 25.1. The van der Waals surface area contributed by atoms with Crippen LogP contribution < -0.4 is 4.74 Å². The highest BCUT2D eigenvalue weighted by atomic mass is 16.6. The van der Waals surface area contributed by atoms with Crippen molar-refractivity contribution in [3.05, 3.63) is 43.0 Å². The Bertz CT molecular complexity index is 571. The van der Waals surface area contributed by atoms with Crippen molar-refractivity contribution in [2.75, 3.05) is 85.9 Å². The number of aliphatic carboxylic acids is 1. The fourth-order valence-corrected chi connectivity index (χ4v) is 2.04. The lowest BCUT2D eigenvalue weighted by Crippen LogP contribution is -2.23. The summed E-state index contributed by atoms with van der Waals surface area (Å²) in [6.45, 7) is 8.04. The Hall–Kier alpha value is -2.09. The van der Waals surface area contributed by atoms with Gasteiger partial charge in [-0.2, -0.15) is 0 Å². The molecule has 3 N–H and O–H groups in total. The Labute approximate surface area is 200 Å². The number of carbonyl (C=O) groups is 1. The topological polar surface area (TPSA) is 142 Å². The summed E-state index contributed by atoms with van der Waals surface area (Å²) in [4.78, 5) is 9.25. The minimum atomic E-state index is -1.01. The highest BCUT2D eigenvalue weighted by molar-refractivity contribution is 5.78. The van der Waals surface area contributed by atoms with Crippen molar-refractivity contribution in [2.45, 2.75) is 6.29 Å². The first-order chi connectivity index (χ1) is 16.6. The van der Waals surface area contributed by atoms with E-state index in [0.29, 0.717) is 78.4 Å². The number of ether oxygens (including phenoxy) is 7. The predicted octanol–water partition coefficient (Wildman–Crippen LogP) is 0.733. The number of aliphatic hydroxyl groups is 2. The van der Waals surface area contributed by atoms with Gasteiger partial charge in [0.15, 0.2) is 0 Å². The third-order valence-corrected chi connectivity index (χ3v) is 3.55. The molecular weight excluding hydrogens is 452 g/mol. The molecule has 34 heavy (non-hydrogen) atoms. The normalized spacial score (nSPS) is 11.4. The van der Waals surface area contributed by atoms with Gasteiger partial charge in [-0.25, -0.2) is 4.79 Å². The number of hydrogen-bond donors (Lipinski definition) is 3. The van der Waals surface area contributed by atoms with Crippen molar-refractivity contribution >= 4 is 5.97 Å². The summed E-state index contributed by atoms with van der Waals surface area (Å²) in [6, 6.07) is 9.07. The number of benzene rings is 1. The van der Waals surface area contributed by atoms with Gasteiger partial charge in [0.25, 0.3) is 0 Å². The summed E-state index contributed by atoms with van der Waals surface area (Å²) in [6.07, 6.45) is -0.175. The molecule has 0 saturated carbocycles. The third-order valence-electron chi connectivity index (χ3n) is 3.55. The van der Waals surface area contributed by atoms with Gasteiger partial charge >= 0.3 is 5.97 Å². The zero-order valence-corrected chi connectivity index (χ0v) is 19.5. The van der Waals surface area contributed by atoms with Gasteiger partial charge in [0, 0.05) is 6.08 Å². The Balaban J connectivity index is 0.00000196. The van der Waals surface area contributed by atoms with E-state index in [9.17, 15) is 9.90 Å². The summed E-state index contributed by atoms with van der Waals surface area (Å²) in [5.74, 6) is -0.387. The molecule has 1 aromatic rings. The Morgan fingerprint density at radius 1 is 0.765 bits per heavy atom. The lowest BCUT2D eigenvalue weighted by molar-refractivity contribution is -0.131. The van der Waals surface area contributed by atoms with Crippen LogP contribution in [0.1, 0.15) is 0 Å². The maximum absolute atomic E-state index is 9.70. The number of carboxylic acid groups (broad SMARTS) is 1. The van der Waals surface area contributed by atoms with Gasteiger partial charge < -0.3 is 48.5 Å². The predicted molar refractivity (Wildman–Crippen MR) is 123 cm³/mol. The van der Waals surface area contributed by atoms with Gasteiger partial charge in [-0.05, 0) is 12.1 Å². The molecule has 11 nitrogen and oxygen atoms in total. The average Bonchev–Trinajstić information content (AvgIpc) is 2.84. The maximum Gasteiger partial charge on any atom is 0.327 e. The van der Waals surface area contributed by atoms with Gasteiger partial charge in [-0.1, -0.05) is 24.8 Å². The van der Waals surface area contributed by atoms with Crippen molar-refractivity contribution in [3.8, 4) is 5.75 Å². The first kappa shape index (κ1) is 31.9. The number of hydrogen-bond acceptors (Lipinski definition) is 10. The molecule has 1 rings (SSSR count). The van der Waals surface area contributed by atoms with Crippen LogP contribution in [-0.4, -0.2) is 113 Å². The maximum atomic E-state index is 9.70. The van der Waals surface area contributed by atoms with Crippen LogP contribution in [0.25, 0.3) is 0 Å². The lowest BCUT2D eigenvalue weighted by atomic mass is 10.3. The van der Waals surface area contributed by atoms with Crippen molar-refractivity contribution in [1.29, 1.82) is 0 Å². The largest absolute Gasteiger partial charge is 0.478 e. The monoisotopic (exact) mass is 490 g/mol. The second-order valence-electron chi connectivity index (χ2n) is 6.29. The number of aliphatic hydroxyl groups excluding tert-OH is 2. The number of rotatable bonds is 22. The molecule has 0 heterocycles. The minimum Gasteiger partial charge on any atom is -0.478 e. The molecule has 0 aliphatic rings. The summed E-state index contributed by atoms with van der Waals surface area (Å²) in [5, 5.41) is 25.8. The van der Waals surface area contributed by atoms with E-state index < -0.39 is 12.3 Å². The molecule has 0 fully saturated rings. The van der Waals surface area contributed by atoms with E-state index in [-0.39, 0.29) is 13.2 Å². The molecule has 0 bridgehead atoms. The Morgan fingerprint density at radius 3 is 1.53 bits per heavy atom. The fourth-order valence-electron chi connectivity index (χ4n) is 2.04. The molecule has 0 spiro atoms. The smallest absolute Gasteiger partial charge is 0.327 e. The summed E-state index contributed by atoms with van der Waals surface area (Å²) >= 11 is 0. The van der Waals surface area contributed by atoms with E-state index in [0.717, 1.165) is 6.08 Å². The summed E-state index contributed by atoms with van der Waals surface area (Å²) in [7, 11) is 0. The van der Waals surface area contributed by atoms with Crippen LogP contribution in [0.3, 0.4) is 0 Å². The standard InChI is InChI=1S/C20H34O9.C3H4O2/c21-6-7-23-8-9-24-10-11-25-12-13-26-14-15-27-16-17-28-18-20(22)29-19-4-2-1-3-5-19;1-2-3(4)5/h1-5,20-22H,6-18H2;2H,1H2,(H,4,5). The van der Waals surface area contributed by atoms with Gasteiger partial charge in [-0.15, -0.1) is 0 Å². The molecule has 0 saturated heterocycles. The van der Waals surface area contributed by atoms with Crippen molar-refractivity contribution in [3.63, 3.8) is 0 Å². The van der Waals surface area contributed by atoms with Crippen LogP contribution in [0.2, 0.25) is 0 Å². The number of para-hydroxylation sites is 1. The van der Waals surface area contributed by atoms with Crippen LogP contribution in [-0.2, 0) is 33.2 Å². The zero-order valence-electron chi connectivity index (χ0n) is 19.5. The molecule has 0 amide bonds. The van der Waals surface area contributed by atoms with Gasteiger partial charge in [0.2, 0.25) is 6.29 Å². The van der Waals surface area contributed by atoms with Crippen LogP contribution in [0, 0.1) is 0 Å². The molecule has 11 heteroatoms. The number of carboxylic acids is 1. The van der Waals surface area contributed by atoms with Crippen molar-refractivity contribution in [1.82, 2.24) is 0 Å². The van der Waals surface area contributed by atoms with Crippen LogP contribution in [0.15, 0.2) is 43.0 Å². The van der Waals surface area contributed by atoms with Crippen LogP contribution >= 0.6 is 0 Å². The third kappa shape index (κ3) is 24.6. The first-order valence-electron chi connectivity index (χ1n) is 10.9. The van der Waals surface area contributed by atoms with E-state index in [1.165, 1.54) is 0 Å².